The number of rotatable bonds is 9. The molecule has 0 saturated heterocycles. The standard InChI is InChI=1S/C19H18Cl2N2O4S/c1-25-8-6-23(19(24)16-3-2-7-26-16)10-14-12-28-18(22-14)11-27-17-9-13(20)4-5-15(17)21/h2-5,7,9,12H,6,8,10-11H2,1H3. The Kier molecular flexibility index (Phi) is 7.33. The number of hydrogen-bond acceptors (Lipinski definition) is 6. The number of hydrogen-bond donors (Lipinski definition) is 0. The number of ether oxygens (including phenoxy) is 2. The van der Waals surface area contributed by atoms with Gasteiger partial charge in [-0.1, -0.05) is 23.2 Å². The fourth-order valence-electron chi connectivity index (χ4n) is 2.42. The van der Waals surface area contributed by atoms with E-state index in [1.807, 2.05) is 5.38 Å². The van der Waals surface area contributed by atoms with Crippen LogP contribution in [0.25, 0.3) is 0 Å². The van der Waals surface area contributed by atoms with E-state index in [0.717, 1.165) is 10.7 Å². The van der Waals surface area contributed by atoms with Crippen LogP contribution in [0.4, 0.5) is 0 Å². The molecule has 0 fully saturated rings. The van der Waals surface area contributed by atoms with E-state index in [4.69, 9.17) is 37.1 Å². The van der Waals surface area contributed by atoms with E-state index < -0.39 is 0 Å². The molecular formula is C19H18Cl2N2O4S. The van der Waals surface area contributed by atoms with Crippen molar-refractivity contribution in [1.29, 1.82) is 0 Å². The number of furan rings is 1. The van der Waals surface area contributed by atoms with Crippen molar-refractivity contribution in [3.8, 4) is 5.75 Å². The second-order valence-corrected chi connectivity index (χ2v) is 7.58. The van der Waals surface area contributed by atoms with Gasteiger partial charge < -0.3 is 18.8 Å². The Hall–Kier alpha value is -2.06. The van der Waals surface area contributed by atoms with E-state index in [0.29, 0.717) is 35.5 Å². The number of carbonyl (C=O) groups excluding carboxylic acids is 1. The maximum absolute atomic E-state index is 12.6. The minimum absolute atomic E-state index is 0.210. The van der Waals surface area contributed by atoms with Crippen LogP contribution < -0.4 is 4.74 Å². The monoisotopic (exact) mass is 440 g/mol. The summed E-state index contributed by atoms with van der Waals surface area (Å²) in [6, 6.07) is 8.36. The van der Waals surface area contributed by atoms with Crippen molar-refractivity contribution in [2.75, 3.05) is 20.3 Å². The van der Waals surface area contributed by atoms with Gasteiger partial charge in [0.15, 0.2) is 5.76 Å². The first-order valence-corrected chi connectivity index (χ1v) is 10.0. The molecule has 3 rings (SSSR count). The Morgan fingerprint density at radius 3 is 2.93 bits per heavy atom. The Morgan fingerprint density at radius 2 is 2.18 bits per heavy atom. The van der Waals surface area contributed by atoms with Gasteiger partial charge in [-0.3, -0.25) is 4.79 Å². The summed E-state index contributed by atoms with van der Waals surface area (Å²) in [6.07, 6.45) is 1.47. The van der Waals surface area contributed by atoms with Crippen LogP contribution in [-0.2, 0) is 17.9 Å². The van der Waals surface area contributed by atoms with Crippen LogP contribution in [0.3, 0.4) is 0 Å². The van der Waals surface area contributed by atoms with Gasteiger partial charge in [0.05, 0.1) is 30.1 Å². The summed E-state index contributed by atoms with van der Waals surface area (Å²) in [4.78, 5) is 18.8. The topological polar surface area (TPSA) is 64.8 Å². The minimum atomic E-state index is -0.210. The predicted molar refractivity (Wildman–Crippen MR) is 108 cm³/mol. The number of amides is 1. The Morgan fingerprint density at radius 1 is 1.32 bits per heavy atom. The van der Waals surface area contributed by atoms with Gasteiger partial charge in [0.1, 0.15) is 17.4 Å². The molecule has 0 aliphatic carbocycles. The van der Waals surface area contributed by atoms with Gasteiger partial charge in [0.2, 0.25) is 0 Å². The number of aromatic nitrogens is 1. The summed E-state index contributed by atoms with van der Waals surface area (Å²) >= 11 is 13.5. The largest absolute Gasteiger partial charge is 0.485 e. The Labute approximate surface area is 176 Å². The number of thiazole rings is 1. The summed E-state index contributed by atoms with van der Waals surface area (Å²) in [5.41, 5.74) is 0.761. The van der Waals surface area contributed by atoms with E-state index in [1.165, 1.54) is 17.6 Å². The summed E-state index contributed by atoms with van der Waals surface area (Å²) < 4.78 is 16.0. The highest BCUT2D eigenvalue weighted by Gasteiger charge is 2.19. The molecule has 2 aromatic heterocycles. The molecule has 6 nitrogen and oxygen atoms in total. The summed E-state index contributed by atoms with van der Waals surface area (Å²) in [7, 11) is 1.59. The van der Waals surface area contributed by atoms with Gasteiger partial charge in [-0.2, -0.15) is 0 Å². The number of nitrogens with zero attached hydrogens (tertiary/aromatic N) is 2. The van der Waals surface area contributed by atoms with Gasteiger partial charge in [-0.25, -0.2) is 4.98 Å². The van der Waals surface area contributed by atoms with Crippen LogP contribution >= 0.6 is 34.5 Å². The van der Waals surface area contributed by atoms with Crippen LogP contribution in [0, 0.1) is 0 Å². The molecule has 0 aliphatic heterocycles. The summed E-state index contributed by atoms with van der Waals surface area (Å²) in [6.45, 7) is 1.45. The highest BCUT2D eigenvalue weighted by atomic mass is 35.5. The first-order chi connectivity index (χ1) is 13.6. The first-order valence-electron chi connectivity index (χ1n) is 8.39. The molecule has 1 aromatic carbocycles. The molecule has 9 heteroatoms. The van der Waals surface area contributed by atoms with Crippen molar-refractivity contribution >= 4 is 40.4 Å². The van der Waals surface area contributed by atoms with E-state index in [1.54, 1.807) is 42.3 Å². The molecule has 2 heterocycles. The summed E-state index contributed by atoms with van der Waals surface area (Å²) in [5.74, 6) is 0.574. The second kappa shape index (κ2) is 9.93. The molecule has 28 heavy (non-hydrogen) atoms. The van der Waals surface area contributed by atoms with Crippen molar-refractivity contribution in [2.24, 2.45) is 0 Å². The van der Waals surface area contributed by atoms with Crippen molar-refractivity contribution < 1.29 is 18.7 Å². The van der Waals surface area contributed by atoms with E-state index >= 15 is 0 Å². The van der Waals surface area contributed by atoms with E-state index in [-0.39, 0.29) is 18.3 Å². The van der Waals surface area contributed by atoms with Gasteiger partial charge in [-0.05, 0) is 24.3 Å². The molecule has 1 amide bonds. The number of methoxy groups -OCH3 is 1. The molecule has 0 spiro atoms. The lowest BCUT2D eigenvalue weighted by Gasteiger charge is -2.20. The summed E-state index contributed by atoms with van der Waals surface area (Å²) in [5, 5.41) is 3.69. The maximum Gasteiger partial charge on any atom is 0.289 e. The highest BCUT2D eigenvalue weighted by Crippen LogP contribution is 2.28. The van der Waals surface area contributed by atoms with E-state index in [9.17, 15) is 4.79 Å². The molecule has 148 valence electrons. The van der Waals surface area contributed by atoms with Gasteiger partial charge in [0.25, 0.3) is 5.91 Å². The van der Waals surface area contributed by atoms with Gasteiger partial charge in [-0.15, -0.1) is 11.3 Å². The third-order valence-corrected chi connectivity index (χ3v) is 5.20. The fourth-order valence-corrected chi connectivity index (χ4v) is 3.45. The Balaban J connectivity index is 1.64. The predicted octanol–water partition coefficient (Wildman–Crippen LogP) is 4.91. The number of halogens is 2. The quantitative estimate of drug-likeness (QED) is 0.472. The second-order valence-electron chi connectivity index (χ2n) is 5.79. The van der Waals surface area contributed by atoms with Crippen molar-refractivity contribution in [2.45, 2.75) is 13.2 Å². The third kappa shape index (κ3) is 5.48. The van der Waals surface area contributed by atoms with Crippen LogP contribution in [-0.4, -0.2) is 36.1 Å². The molecule has 0 N–H and O–H groups in total. The molecule has 0 radical (unpaired) electrons. The first kappa shape index (κ1) is 20.7. The lowest BCUT2D eigenvalue weighted by molar-refractivity contribution is 0.0647. The maximum atomic E-state index is 12.6. The van der Waals surface area contributed by atoms with Crippen LogP contribution in [0.15, 0.2) is 46.4 Å². The normalized spacial score (nSPS) is 10.8. The van der Waals surface area contributed by atoms with Crippen LogP contribution in [0.5, 0.6) is 5.75 Å². The molecule has 3 aromatic rings. The average Bonchev–Trinajstić information content (AvgIpc) is 3.37. The number of carbonyl (C=O) groups is 1. The molecule has 0 unspecified atom stereocenters. The zero-order chi connectivity index (χ0) is 19.9. The zero-order valence-corrected chi connectivity index (χ0v) is 17.4. The van der Waals surface area contributed by atoms with Crippen molar-refractivity contribution in [1.82, 2.24) is 9.88 Å². The average molecular weight is 441 g/mol. The van der Waals surface area contributed by atoms with Gasteiger partial charge in [0, 0.05) is 30.1 Å². The molecular weight excluding hydrogens is 423 g/mol. The fraction of sp³-hybridized carbons (Fsp3) is 0.263. The SMILES string of the molecule is COCCN(Cc1csc(COc2cc(Cl)ccc2Cl)n1)C(=O)c1ccco1. The Bertz CT molecular complexity index is 915. The molecule has 0 bridgehead atoms. The highest BCUT2D eigenvalue weighted by molar-refractivity contribution is 7.09. The smallest absolute Gasteiger partial charge is 0.289 e. The van der Waals surface area contributed by atoms with Crippen molar-refractivity contribution in [3.63, 3.8) is 0 Å². The molecule has 0 atom stereocenters. The van der Waals surface area contributed by atoms with E-state index in [2.05, 4.69) is 4.98 Å². The van der Waals surface area contributed by atoms with Crippen molar-refractivity contribution in [3.05, 3.63) is 68.5 Å². The zero-order valence-electron chi connectivity index (χ0n) is 15.1. The minimum Gasteiger partial charge on any atom is -0.485 e. The van der Waals surface area contributed by atoms with Crippen LogP contribution in [0.1, 0.15) is 21.3 Å². The van der Waals surface area contributed by atoms with Crippen LogP contribution in [0.2, 0.25) is 10.0 Å². The van der Waals surface area contributed by atoms with Gasteiger partial charge >= 0.3 is 0 Å². The third-order valence-electron chi connectivity index (χ3n) is 3.78. The molecule has 0 aliphatic rings. The lowest BCUT2D eigenvalue weighted by atomic mass is 10.3. The lowest BCUT2D eigenvalue weighted by Crippen LogP contribution is -2.33. The molecule has 0 saturated carbocycles. The number of benzene rings is 1.